The van der Waals surface area contributed by atoms with Crippen molar-refractivity contribution in [2.24, 2.45) is 58.2 Å². The highest BCUT2D eigenvalue weighted by molar-refractivity contribution is 5.86. The van der Waals surface area contributed by atoms with E-state index < -0.39 is 42.0 Å². The van der Waals surface area contributed by atoms with Crippen LogP contribution in [0.25, 0.3) is 0 Å². The molecule has 11 rings (SSSR count). The summed E-state index contributed by atoms with van der Waals surface area (Å²) in [4.78, 5) is 55.1. The molecule has 11 unspecified atom stereocenters. The number of nitrogens with zero attached hydrogens (tertiary/aromatic N) is 1. The molecular formula is C64H84NO11+. The van der Waals surface area contributed by atoms with Crippen molar-refractivity contribution in [3.63, 3.8) is 0 Å². The fourth-order valence-electron chi connectivity index (χ4n) is 18.2. The molecule has 6 saturated carbocycles. The van der Waals surface area contributed by atoms with Crippen LogP contribution < -0.4 is 0 Å². The largest absolute Gasteiger partial charge is 0.462 e. The summed E-state index contributed by atoms with van der Waals surface area (Å²) in [5, 5.41) is 24.3. The van der Waals surface area contributed by atoms with Gasteiger partial charge in [0.15, 0.2) is 0 Å². The van der Waals surface area contributed by atoms with Crippen molar-refractivity contribution in [2.75, 3.05) is 13.1 Å². The lowest BCUT2D eigenvalue weighted by Crippen LogP contribution is -2.67. The van der Waals surface area contributed by atoms with Crippen LogP contribution in [0.15, 0.2) is 91.0 Å². The van der Waals surface area contributed by atoms with Gasteiger partial charge in [0.1, 0.15) is 18.8 Å². The molecule has 3 aromatic carbocycles. The number of benzene rings is 3. The van der Waals surface area contributed by atoms with E-state index in [1.807, 2.05) is 91.0 Å². The van der Waals surface area contributed by atoms with Crippen LogP contribution in [0.1, 0.15) is 154 Å². The maximum absolute atomic E-state index is 15.1. The molecule has 2 saturated heterocycles. The Kier molecular flexibility index (Phi) is 15.1. The highest BCUT2D eigenvalue weighted by Gasteiger charge is 2.67. The second-order valence-electron chi connectivity index (χ2n) is 25.5. The van der Waals surface area contributed by atoms with E-state index in [9.17, 15) is 24.6 Å². The van der Waals surface area contributed by atoms with Gasteiger partial charge >= 0.3 is 23.9 Å². The predicted octanol–water partition coefficient (Wildman–Crippen LogP) is 10.4. The quantitative estimate of drug-likeness (QED) is 0.0575. The second-order valence-corrected chi connectivity index (χ2v) is 25.5. The summed E-state index contributed by atoms with van der Waals surface area (Å²) in [6.07, 6.45) is 10.1. The van der Waals surface area contributed by atoms with E-state index in [4.69, 9.17) is 23.7 Å². The first-order chi connectivity index (χ1) is 36.6. The maximum atomic E-state index is 15.1. The third kappa shape index (κ3) is 9.54. The fourth-order valence-corrected chi connectivity index (χ4v) is 18.2. The van der Waals surface area contributed by atoms with Crippen molar-refractivity contribution in [3.05, 3.63) is 108 Å². The second kappa shape index (κ2) is 21.6. The molecule has 0 radical (unpaired) electrons. The summed E-state index contributed by atoms with van der Waals surface area (Å²) < 4.78 is 32.3. The van der Waals surface area contributed by atoms with E-state index in [0.717, 1.165) is 37.7 Å². The van der Waals surface area contributed by atoms with E-state index in [1.54, 1.807) is 6.92 Å². The molecular weight excluding hydrogens is 959 g/mol. The lowest BCUT2D eigenvalue weighted by atomic mass is 9.43. The van der Waals surface area contributed by atoms with Crippen molar-refractivity contribution < 1.29 is 57.6 Å². The Labute approximate surface area is 450 Å². The van der Waals surface area contributed by atoms with Gasteiger partial charge in [0.25, 0.3) is 0 Å². The third-order valence-electron chi connectivity index (χ3n) is 22.1. The van der Waals surface area contributed by atoms with E-state index in [-0.39, 0.29) is 84.0 Å². The number of aliphatic hydroxyl groups excluding tert-OH is 2. The summed E-state index contributed by atoms with van der Waals surface area (Å²) in [6, 6.07) is 29.6. The SMILES string of the molecule is CC(OC(=O)CCC(=O)O[C@@H]1CC[C@@]2(C)C(C1)C[C@@H](O)C1C2C[C@H](O)[C@@]2(C)C1CCC2[C@H](C)CCC(=O)OCc1ccccc1)OC(C(=O)OC1CC2CC1C1CCC1[N+]21CCCC1)(c1ccccc1)c1ccccc1. The van der Waals surface area contributed by atoms with Gasteiger partial charge in [0, 0.05) is 50.4 Å². The van der Waals surface area contributed by atoms with Gasteiger partial charge in [-0.25, -0.2) is 4.79 Å². The standard InChI is InChI=1S/C64H84NO11/c1-40(22-27-57(68)72-39-42-16-8-5-9-17-42)50-24-25-51-60-52(38-56(67)63(50,51)4)62(3)31-30-47(34-45(62)35-54(60)66)74-59(70)29-28-58(69)73-41(2)76-64(43-18-10-6-11-19-43,44-20-12-7-13-21-44)61(71)75-55-37-46-36-49(55)48-23-26-53(48)65(46)32-14-15-33-65/h5-13,16-21,40-41,45-56,60,66-67H,14-15,22-39H2,1-4H3/q+1/t40-,41?,45?,46?,47-,48?,49?,50?,51?,52?,53?,54-,55?,56+,60?,62+,63-/m1/s1. The summed E-state index contributed by atoms with van der Waals surface area (Å²) in [6.45, 7) is 11.1. The van der Waals surface area contributed by atoms with E-state index in [0.29, 0.717) is 73.6 Å². The molecule has 2 bridgehead atoms. The summed E-state index contributed by atoms with van der Waals surface area (Å²) >= 11 is 0. The number of carbonyl (C=O) groups is 4. The predicted molar refractivity (Wildman–Crippen MR) is 284 cm³/mol. The minimum absolute atomic E-state index is 0.0704. The van der Waals surface area contributed by atoms with Crippen molar-refractivity contribution in [3.8, 4) is 0 Å². The average molecular weight is 1040 g/mol. The van der Waals surface area contributed by atoms with Crippen LogP contribution in [0, 0.1) is 58.2 Å². The zero-order chi connectivity index (χ0) is 53.0. The highest BCUT2D eigenvalue weighted by Crippen LogP contribution is 2.69. The molecule has 3 aromatic rings. The number of aliphatic hydroxyl groups is 2. The lowest BCUT2D eigenvalue weighted by Gasteiger charge is -2.63. The number of quaternary nitrogens is 1. The number of piperidine rings is 1. The van der Waals surface area contributed by atoms with Crippen LogP contribution in [0.5, 0.6) is 0 Å². The first kappa shape index (κ1) is 53.4. The van der Waals surface area contributed by atoms with Crippen molar-refractivity contribution in [2.45, 2.75) is 192 Å². The molecule has 2 aliphatic heterocycles. The molecule has 17 atom stereocenters. The molecule has 0 amide bonds. The highest BCUT2D eigenvalue weighted by atomic mass is 16.7. The van der Waals surface area contributed by atoms with Crippen LogP contribution in [0.3, 0.4) is 0 Å². The van der Waals surface area contributed by atoms with E-state index in [2.05, 4.69) is 20.8 Å². The van der Waals surface area contributed by atoms with Crippen LogP contribution in [0.2, 0.25) is 0 Å². The Morgan fingerprint density at radius 2 is 1.37 bits per heavy atom. The Balaban J connectivity index is 0.688. The van der Waals surface area contributed by atoms with Gasteiger partial charge in [0.2, 0.25) is 11.9 Å². The monoisotopic (exact) mass is 1040 g/mol. The number of esters is 4. The van der Waals surface area contributed by atoms with Gasteiger partial charge in [-0.3, -0.25) is 14.4 Å². The van der Waals surface area contributed by atoms with Gasteiger partial charge in [-0.15, -0.1) is 0 Å². The number of hydrogen-bond donors (Lipinski definition) is 2. The molecule has 0 aromatic heterocycles. The van der Waals surface area contributed by atoms with E-state index in [1.165, 1.54) is 43.3 Å². The van der Waals surface area contributed by atoms with Gasteiger partial charge in [-0.1, -0.05) is 112 Å². The average Bonchev–Trinajstić information content (AvgIpc) is 4.23. The van der Waals surface area contributed by atoms with Crippen LogP contribution >= 0.6 is 0 Å². The summed E-state index contributed by atoms with van der Waals surface area (Å²) in [7, 11) is 0. The molecule has 12 heteroatoms. The minimum atomic E-state index is -1.73. The number of ether oxygens (including phenoxy) is 5. The van der Waals surface area contributed by atoms with Gasteiger partial charge in [-0.05, 0) is 128 Å². The minimum Gasteiger partial charge on any atom is -0.462 e. The molecule has 1 spiro atoms. The van der Waals surface area contributed by atoms with Crippen LogP contribution in [-0.2, 0) is 55.1 Å². The van der Waals surface area contributed by atoms with Gasteiger partial charge in [-0.2, -0.15) is 0 Å². The Hall–Kier alpha value is -4.62. The molecule has 6 aliphatic carbocycles. The van der Waals surface area contributed by atoms with Crippen molar-refractivity contribution in [1.29, 1.82) is 0 Å². The van der Waals surface area contributed by atoms with Crippen LogP contribution in [-0.4, -0.2) is 94.5 Å². The van der Waals surface area contributed by atoms with Crippen molar-refractivity contribution >= 4 is 23.9 Å². The zero-order valence-electron chi connectivity index (χ0n) is 45.5. The Morgan fingerprint density at radius 3 is 2.04 bits per heavy atom. The number of fused-ring (bicyclic) bond motifs is 11. The lowest BCUT2D eigenvalue weighted by molar-refractivity contribution is -0.976. The molecule has 8 aliphatic rings. The Bertz CT molecular complexity index is 2500. The van der Waals surface area contributed by atoms with Gasteiger partial charge in [0.05, 0.1) is 50.2 Å². The number of rotatable bonds is 17. The zero-order valence-corrected chi connectivity index (χ0v) is 45.5. The topological polar surface area (TPSA) is 155 Å². The molecule has 12 nitrogen and oxygen atoms in total. The number of carbonyl (C=O) groups excluding carboxylic acids is 4. The third-order valence-corrected chi connectivity index (χ3v) is 22.1. The van der Waals surface area contributed by atoms with Crippen LogP contribution in [0.4, 0.5) is 0 Å². The fraction of sp³-hybridized carbons (Fsp3) is 0.656. The molecule has 8 fully saturated rings. The van der Waals surface area contributed by atoms with E-state index >= 15 is 4.79 Å². The first-order valence-electron chi connectivity index (χ1n) is 29.4. The van der Waals surface area contributed by atoms with Gasteiger partial charge < -0.3 is 38.4 Å². The van der Waals surface area contributed by atoms with Crippen molar-refractivity contribution in [1.82, 2.24) is 0 Å². The smallest absolute Gasteiger partial charge is 0.348 e. The molecule has 2 heterocycles. The number of hydrogen-bond acceptors (Lipinski definition) is 11. The summed E-state index contributed by atoms with van der Waals surface area (Å²) in [5.74, 6) is 0.0115. The molecule has 2 N–H and O–H groups in total. The summed E-state index contributed by atoms with van der Waals surface area (Å²) in [5.41, 5.74) is -0.0926. The maximum Gasteiger partial charge on any atom is 0.348 e. The Morgan fingerprint density at radius 1 is 0.697 bits per heavy atom. The normalized spacial score (nSPS) is 36.5. The molecule has 410 valence electrons. The molecule has 76 heavy (non-hydrogen) atoms. The first-order valence-corrected chi connectivity index (χ1v) is 29.4.